The highest BCUT2D eigenvalue weighted by atomic mass is 32.2. The van der Waals surface area contributed by atoms with E-state index in [1.54, 1.807) is 31.4 Å². The van der Waals surface area contributed by atoms with Crippen molar-refractivity contribution in [2.75, 3.05) is 31.7 Å². The van der Waals surface area contributed by atoms with Crippen molar-refractivity contribution in [3.8, 4) is 11.5 Å². The minimum Gasteiger partial charge on any atom is -0.486 e. The molecular formula is C19H22N2O6S. The summed E-state index contributed by atoms with van der Waals surface area (Å²) in [7, 11) is -2.31. The van der Waals surface area contributed by atoms with Crippen LogP contribution < -0.4 is 19.5 Å². The highest BCUT2D eigenvalue weighted by molar-refractivity contribution is 7.92. The number of sulfonamides is 1. The summed E-state index contributed by atoms with van der Waals surface area (Å²) in [6.45, 7) is 2.98. The van der Waals surface area contributed by atoms with Crippen LogP contribution in [-0.2, 0) is 14.8 Å². The number of anilines is 1. The number of hydrogen-bond donors (Lipinski definition) is 2. The first kappa shape index (κ1) is 20.0. The summed E-state index contributed by atoms with van der Waals surface area (Å²) < 4.78 is 43.7. The fourth-order valence-corrected chi connectivity index (χ4v) is 3.79. The molecule has 3 rings (SSSR count). The van der Waals surface area contributed by atoms with E-state index in [0.717, 1.165) is 0 Å². The highest BCUT2D eigenvalue weighted by Gasteiger charge is 2.20. The molecule has 2 aromatic carbocycles. The van der Waals surface area contributed by atoms with Gasteiger partial charge in [0.05, 0.1) is 11.5 Å². The van der Waals surface area contributed by atoms with E-state index >= 15 is 0 Å². The number of rotatable bonds is 7. The number of amides is 1. The SMILES string of the molecule is COCC(C)NC(=O)c1cccc(NS(=O)(=O)c2ccc3c(c2)OCCO3)c1. The smallest absolute Gasteiger partial charge is 0.262 e. The Labute approximate surface area is 163 Å². The third-order valence-corrected chi connectivity index (χ3v) is 5.37. The molecule has 0 fully saturated rings. The predicted molar refractivity (Wildman–Crippen MR) is 103 cm³/mol. The molecule has 8 nitrogen and oxygen atoms in total. The second kappa shape index (κ2) is 8.49. The van der Waals surface area contributed by atoms with E-state index in [0.29, 0.717) is 36.9 Å². The Kier molecular flexibility index (Phi) is 6.05. The van der Waals surface area contributed by atoms with Crippen molar-refractivity contribution < 1.29 is 27.4 Å². The molecule has 0 aliphatic carbocycles. The number of benzene rings is 2. The average Bonchev–Trinajstić information content (AvgIpc) is 2.67. The zero-order valence-electron chi connectivity index (χ0n) is 15.6. The molecule has 0 spiro atoms. The van der Waals surface area contributed by atoms with Gasteiger partial charge in [-0.2, -0.15) is 0 Å². The van der Waals surface area contributed by atoms with Crippen molar-refractivity contribution in [3.05, 3.63) is 48.0 Å². The van der Waals surface area contributed by atoms with Crippen LogP contribution in [0.2, 0.25) is 0 Å². The van der Waals surface area contributed by atoms with Crippen LogP contribution in [0.1, 0.15) is 17.3 Å². The van der Waals surface area contributed by atoms with E-state index in [9.17, 15) is 13.2 Å². The van der Waals surface area contributed by atoms with Crippen LogP contribution in [-0.4, -0.2) is 47.3 Å². The quantitative estimate of drug-likeness (QED) is 0.729. The molecule has 0 aromatic heterocycles. The van der Waals surface area contributed by atoms with E-state index in [2.05, 4.69) is 10.0 Å². The first-order valence-corrected chi connectivity index (χ1v) is 10.2. The largest absolute Gasteiger partial charge is 0.486 e. The summed E-state index contributed by atoms with van der Waals surface area (Å²) in [5.74, 6) is 0.577. The van der Waals surface area contributed by atoms with Crippen LogP contribution in [0.5, 0.6) is 11.5 Å². The summed E-state index contributed by atoms with van der Waals surface area (Å²) in [6.07, 6.45) is 0. The van der Waals surface area contributed by atoms with Crippen molar-refractivity contribution in [2.24, 2.45) is 0 Å². The summed E-state index contributed by atoms with van der Waals surface area (Å²) in [4.78, 5) is 12.3. The van der Waals surface area contributed by atoms with Gasteiger partial charge in [-0.05, 0) is 37.3 Å². The fourth-order valence-electron chi connectivity index (χ4n) is 2.73. The maximum atomic E-state index is 12.7. The standard InChI is InChI=1S/C19H22N2O6S/c1-13(12-25-2)20-19(22)14-4-3-5-15(10-14)21-28(23,24)16-6-7-17-18(11-16)27-9-8-26-17/h3-7,10-11,13,21H,8-9,12H2,1-2H3,(H,20,22). The topological polar surface area (TPSA) is 103 Å². The lowest BCUT2D eigenvalue weighted by Gasteiger charge is -2.19. The molecule has 0 radical (unpaired) electrons. The molecule has 0 saturated heterocycles. The lowest BCUT2D eigenvalue weighted by molar-refractivity contribution is 0.0905. The van der Waals surface area contributed by atoms with Gasteiger partial charge in [-0.15, -0.1) is 0 Å². The molecule has 1 heterocycles. The highest BCUT2D eigenvalue weighted by Crippen LogP contribution is 2.32. The Morgan fingerprint density at radius 3 is 2.64 bits per heavy atom. The van der Waals surface area contributed by atoms with Gasteiger partial charge in [-0.25, -0.2) is 8.42 Å². The van der Waals surface area contributed by atoms with Crippen molar-refractivity contribution >= 4 is 21.6 Å². The van der Waals surface area contributed by atoms with E-state index in [1.165, 1.54) is 18.2 Å². The number of ether oxygens (including phenoxy) is 3. The molecule has 1 amide bonds. The lowest BCUT2D eigenvalue weighted by atomic mass is 10.2. The van der Waals surface area contributed by atoms with Gasteiger partial charge in [0.2, 0.25) is 0 Å². The third-order valence-electron chi connectivity index (χ3n) is 4.00. The van der Waals surface area contributed by atoms with Crippen molar-refractivity contribution in [3.63, 3.8) is 0 Å². The summed E-state index contributed by atoms with van der Waals surface area (Å²) in [6, 6.07) is 10.5. The minimum atomic E-state index is -3.86. The molecule has 28 heavy (non-hydrogen) atoms. The molecule has 1 unspecified atom stereocenters. The lowest BCUT2D eigenvalue weighted by Crippen LogP contribution is -2.35. The number of hydrogen-bond acceptors (Lipinski definition) is 6. The fraction of sp³-hybridized carbons (Fsp3) is 0.316. The number of carbonyl (C=O) groups is 1. The van der Waals surface area contributed by atoms with Gasteiger partial charge in [-0.1, -0.05) is 6.07 Å². The average molecular weight is 406 g/mol. The Bertz CT molecular complexity index is 961. The van der Waals surface area contributed by atoms with Crippen molar-refractivity contribution in [2.45, 2.75) is 17.9 Å². The van der Waals surface area contributed by atoms with Gasteiger partial charge in [0.1, 0.15) is 13.2 Å². The number of nitrogens with one attached hydrogen (secondary N) is 2. The number of carbonyl (C=O) groups excluding carboxylic acids is 1. The van der Waals surface area contributed by atoms with Crippen LogP contribution in [0.25, 0.3) is 0 Å². The van der Waals surface area contributed by atoms with Gasteiger partial charge in [0.25, 0.3) is 15.9 Å². The zero-order valence-corrected chi connectivity index (χ0v) is 16.4. The molecule has 0 saturated carbocycles. The molecule has 150 valence electrons. The van der Waals surface area contributed by atoms with Gasteiger partial charge in [-0.3, -0.25) is 9.52 Å². The van der Waals surface area contributed by atoms with E-state index in [-0.39, 0.29) is 22.5 Å². The second-order valence-electron chi connectivity index (χ2n) is 6.32. The summed E-state index contributed by atoms with van der Waals surface area (Å²) in [5, 5.41) is 2.78. The molecule has 1 aliphatic rings. The predicted octanol–water partition coefficient (Wildman–Crippen LogP) is 2.02. The molecule has 0 bridgehead atoms. The first-order chi connectivity index (χ1) is 13.4. The van der Waals surface area contributed by atoms with E-state index in [4.69, 9.17) is 14.2 Å². The Morgan fingerprint density at radius 2 is 1.89 bits per heavy atom. The van der Waals surface area contributed by atoms with E-state index < -0.39 is 10.0 Å². The van der Waals surface area contributed by atoms with Gasteiger partial charge >= 0.3 is 0 Å². The minimum absolute atomic E-state index is 0.0420. The van der Waals surface area contributed by atoms with E-state index in [1.807, 2.05) is 6.92 Å². The van der Waals surface area contributed by atoms with Crippen LogP contribution in [0, 0.1) is 0 Å². The monoisotopic (exact) mass is 406 g/mol. The van der Waals surface area contributed by atoms with Crippen LogP contribution in [0.3, 0.4) is 0 Å². The maximum Gasteiger partial charge on any atom is 0.262 e. The van der Waals surface area contributed by atoms with Crippen LogP contribution in [0.15, 0.2) is 47.4 Å². The third kappa shape index (κ3) is 4.73. The maximum absolute atomic E-state index is 12.7. The van der Waals surface area contributed by atoms with Crippen molar-refractivity contribution in [1.29, 1.82) is 0 Å². The van der Waals surface area contributed by atoms with Gasteiger partial charge in [0.15, 0.2) is 11.5 Å². The van der Waals surface area contributed by atoms with Crippen LogP contribution >= 0.6 is 0 Å². The van der Waals surface area contributed by atoms with Gasteiger partial charge in [0, 0.05) is 30.5 Å². The Morgan fingerprint density at radius 1 is 1.14 bits per heavy atom. The second-order valence-corrected chi connectivity index (χ2v) is 8.00. The summed E-state index contributed by atoms with van der Waals surface area (Å²) >= 11 is 0. The summed E-state index contributed by atoms with van der Waals surface area (Å²) in [5.41, 5.74) is 0.618. The number of methoxy groups -OCH3 is 1. The zero-order chi connectivity index (χ0) is 20.1. The Hall–Kier alpha value is -2.78. The normalized spacial score (nSPS) is 14.2. The molecule has 9 heteroatoms. The van der Waals surface area contributed by atoms with Gasteiger partial charge < -0.3 is 19.5 Å². The Balaban J connectivity index is 1.76. The molecule has 2 N–H and O–H groups in total. The van der Waals surface area contributed by atoms with Crippen molar-refractivity contribution in [1.82, 2.24) is 5.32 Å². The molecular weight excluding hydrogens is 384 g/mol. The number of fused-ring (bicyclic) bond motifs is 1. The molecule has 1 aliphatic heterocycles. The molecule has 1 atom stereocenters. The first-order valence-electron chi connectivity index (χ1n) is 8.71. The van der Waals surface area contributed by atoms with Crippen LogP contribution in [0.4, 0.5) is 5.69 Å². The molecule has 2 aromatic rings.